The van der Waals surface area contributed by atoms with Crippen molar-refractivity contribution >= 4 is 11.6 Å². The maximum Gasteiger partial charge on any atom is 0.128 e. The molecule has 3 nitrogen and oxygen atoms in total. The van der Waals surface area contributed by atoms with E-state index >= 15 is 0 Å². The lowest BCUT2D eigenvalue weighted by Crippen LogP contribution is -2.12. The van der Waals surface area contributed by atoms with Crippen molar-refractivity contribution in [3.05, 3.63) is 17.2 Å². The van der Waals surface area contributed by atoms with E-state index in [1.54, 1.807) is 0 Å². The molecule has 1 saturated carbocycles. The Hall–Kier alpha value is -0.540. The van der Waals surface area contributed by atoms with Crippen LogP contribution in [0.2, 0.25) is 5.15 Å². The zero-order chi connectivity index (χ0) is 11.0. The van der Waals surface area contributed by atoms with Gasteiger partial charge in [0.15, 0.2) is 0 Å². The summed E-state index contributed by atoms with van der Waals surface area (Å²) in [6, 6.07) is 0. The Morgan fingerprint density at radius 2 is 2.31 bits per heavy atom. The lowest BCUT2D eigenvalue weighted by atomic mass is 10.1. The summed E-state index contributed by atoms with van der Waals surface area (Å²) in [4.78, 5) is 4.44. The summed E-state index contributed by atoms with van der Waals surface area (Å²) in [6.45, 7) is 3.39. The molecule has 1 atom stereocenters. The van der Waals surface area contributed by atoms with Crippen LogP contribution < -0.4 is 5.32 Å². The number of halogens is 1. The monoisotopic (exact) mass is 239 g/mol. The zero-order valence-corrected chi connectivity index (χ0v) is 10.2. The average molecular weight is 240 g/mol. The molecule has 2 aliphatic rings. The van der Waals surface area contributed by atoms with Crippen LogP contribution in [0.3, 0.4) is 0 Å². The molecule has 1 aliphatic carbocycles. The predicted octanol–water partition coefficient (Wildman–Crippen LogP) is 2.41. The Morgan fingerprint density at radius 1 is 1.44 bits per heavy atom. The van der Waals surface area contributed by atoms with E-state index in [0.29, 0.717) is 5.92 Å². The highest BCUT2D eigenvalue weighted by atomic mass is 35.5. The van der Waals surface area contributed by atoms with Crippen molar-refractivity contribution in [3.8, 4) is 0 Å². The van der Waals surface area contributed by atoms with Crippen LogP contribution in [0, 0.1) is 5.92 Å². The number of rotatable bonds is 4. The third-order valence-electron chi connectivity index (χ3n) is 3.70. The third-order valence-corrected chi connectivity index (χ3v) is 4.01. The Kier molecular flexibility index (Phi) is 2.90. The maximum atomic E-state index is 6.19. The van der Waals surface area contributed by atoms with Gasteiger partial charge in [0, 0.05) is 12.5 Å². The predicted molar refractivity (Wildman–Crippen MR) is 64.8 cm³/mol. The van der Waals surface area contributed by atoms with Gasteiger partial charge in [-0.3, -0.25) is 0 Å². The maximum absolute atomic E-state index is 6.19. The topological polar surface area (TPSA) is 29.9 Å². The molecular formula is C12H18ClN3. The molecular weight excluding hydrogens is 222 g/mol. The molecule has 1 N–H and O–H groups in total. The molecule has 0 spiro atoms. The van der Waals surface area contributed by atoms with E-state index in [4.69, 9.17) is 11.6 Å². The number of nitrogens with zero attached hydrogens (tertiary/aromatic N) is 2. The SMILES string of the molecule is Clc1cnc(C2CC2)n1CCC1CCNC1. The summed E-state index contributed by atoms with van der Waals surface area (Å²) in [5, 5.41) is 4.22. The second kappa shape index (κ2) is 4.38. The molecule has 1 aliphatic heterocycles. The molecule has 0 amide bonds. The molecule has 4 heteroatoms. The van der Waals surface area contributed by atoms with Crippen molar-refractivity contribution < 1.29 is 0 Å². The molecule has 1 aromatic heterocycles. The Labute approximate surface area is 101 Å². The van der Waals surface area contributed by atoms with Gasteiger partial charge < -0.3 is 9.88 Å². The molecule has 0 bridgehead atoms. The summed E-state index contributed by atoms with van der Waals surface area (Å²) >= 11 is 6.19. The number of hydrogen-bond donors (Lipinski definition) is 1. The first kappa shape index (κ1) is 10.6. The molecule has 1 unspecified atom stereocenters. The van der Waals surface area contributed by atoms with E-state index in [0.717, 1.165) is 17.6 Å². The fraction of sp³-hybridized carbons (Fsp3) is 0.750. The minimum atomic E-state index is 0.689. The van der Waals surface area contributed by atoms with Gasteiger partial charge in [0.25, 0.3) is 0 Å². The normalized spacial score (nSPS) is 25.2. The average Bonchev–Trinajstić information content (AvgIpc) is 2.87. The highest BCUT2D eigenvalue weighted by Gasteiger charge is 2.29. The molecule has 2 fully saturated rings. The van der Waals surface area contributed by atoms with E-state index < -0.39 is 0 Å². The van der Waals surface area contributed by atoms with Crippen molar-refractivity contribution in [1.82, 2.24) is 14.9 Å². The van der Waals surface area contributed by atoms with Crippen LogP contribution in [0.4, 0.5) is 0 Å². The highest BCUT2D eigenvalue weighted by molar-refractivity contribution is 6.29. The van der Waals surface area contributed by atoms with E-state index in [9.17, 15) is 0 Å². The first-order chi connectivity index (χ1) is 7.84. The van der Waals surface area contributed by atoms with Crippen LogP contribution in [0.5, 0.6) is 0 Å². The van der Waals surface area contributed by atoms with Crippen molar-refractivity contribution in [3.63, 3.8) is 0 Å². The first-order valence-electron chi connectivity index (χ1n) is 6.26. The van der Waals surface area contributed by atoms with Crippen LogP contribution >= 0.6 is 11.6 Å². The van der Waals surface area contributed by atoms with Crippen molar-refractivity contribution in [2.45, 2.75) is 38.1 Å². The van der Waals surface area contributed by atoms with Gasteiger partial charge in [0.2, 0.25) is 0 Å². The zero-order valence-electron chi connectivity index (χ0n) is 9.45. The Morgan fingerprint density at radius 3 is 3.00 bits per heavy atom. The van der Waals surface area contributed by atoms with Gasteiger partial charge in [-0.05, 0) is 44.7 Å². The van der Waals surface area contributed by atoms with Crippen molar-refractivity contribution in [1.29, 1.82) is 0 Å². The quantitative estimate of drug-likeness (QED) is 0.875. The Bertz CT molecular complexity index is 364. The van der Waals surface area contributed by atoms with Crippen LogP contribution in [0.15, 0.2) is 6.20 Å². The molecule has 88 valence electrons. The second-order valence-corrected chi connectivity index (χ2v) is 5.40. The molecule has 3 rings (SSSR count). The van der Waals surface area contributed by atoms with E-state index in [1.807, 2.05) is 6.20 Å². The molecule has 16 heavy (non-hydrogen) atoms. The summed E-state index contributed by atoms with van der Waals surface area (Å²) < 4.78 is 2.22. The van der Waals surface area contributed by atoms with Crippen molar-refractivity contribution in [2.75, 3.05) is 13.1 Å². The highest BCUT2D eigenvalue weighted by Crippen LogP contribution is 2.40. The van der Waals surface area contributed by atoms with Gasteiger partial charge in [-0.25, -0.2) is 4.98 Å². The summed E-state index contributed by atoms with van der Waals surface area (Å²) in [5.74, 6) is 2.73. The molecule has 0 aromatic carbocycles. The van der Waals surface area contributed by atoms with E-state index in [2.05, 4.69) is 14.9 Å². The fourth-order valence-electron chi connectivity index (χ4n) is 2.53. The van der Waals surface area contributed by atoms with Gasteiger partial charge >= 0.3 is 0 Å². The number of imidazole rings is 1. The standard InChI is InChI=1S/C12H18ClN3/c13-11-8-15-12(10-1-2-10)16(11)6-4-9-3-5-14-7-9/h8-10,14H,1-7H2. The minimum absolute atomic E-state index is 0.689. The van der Waals surface area contributed by atoms with Gasteiger partial charge in [-0.2, -0.15) is 0 Å². The summed E-state index contributed by atoms with van der Waals surface area (Å²) in [5.41, 5.74) is 0. The van der Waals surface area contributed by atoms with Gasteiger partial charge in [0.1, 0.15) is 11.0 Å². The lowest BCUT2D eigenvalue weighted by molar-refractivity contribution is 0.472. The van der Waals surface area contributed by atoms with Gasteiger partial charge in [-0.1, -0.05) is 11.6 Å². The fourth-order valence-corrected chi connectivity index (χ4v) is 2.75. The minimum Gasteiger partial charge on any atom is -0.319 e. The number of hydrogen-bond acceptors (Lipinski definition) is 2. The van der Waals surface area contributed by atoms with Crippen molar-refractivity contribution in [2.24, 2.45) is 5.92 Å². The largest absolute Gasteiger partial charge is 0.319 e. The summed E-state index contributed by atoms with van der Waals surface area (Å²) in [6.07, 6.45) is 6.92. The summed E-state index contributed by atoms with van der Waals surface area (Å²) in [7, 11) is 0. The van der Waals surface area contributed by atoms with Crippen LogP contribution in [-0.4, -0.2) is 22.6 Å². The number of aromatic nitrogens is 2. The second-order valence-electron chi connectivity index (χ2n) is 5.01. The van der Waals surface area contributed by atoms with E-state index in [1.165, 1.54) is 44.6 Å². The molecule has 0 radical (unpaired) electrons. The first-order valence-corrected chi connectivity index (χ1v) is 6.64. The third kappa shape index (κ3) is 2.11. The Balaban J connectivity index is 1.65. The molecule has 1 aromatic rings. The molecule has 2 heterocycles. The van der Waals surface area contributed by atoms with Crippen LogP contribution in [0.1, 0.15) is 37.4 Å². The molecule has 1 saturated heterocycles. The van der Waals surface area contributed by atoms with E-state index in [-0.39, 0.29) is 0 Å². The van der Waals surface area contributed by atoms with Crippen LogP contribution in [-0.2, 0) is 6.54 Å². The van der Waals surface area contributed by atoms with Crippen LogP contribution in [0.25, 0.3) is 0 Å². The lowest BCUT2D eigenvalue weighted by Gasteiger charge is -2.12. The number of nitrogens with one attached hydrogen (secondary N) is 1. The smallest absolute Gasteiger partial charge is 0.128 e. The van der Waals surface area contributed by atoms with Gasteiger partial charge in [-0.15, -0.1) is 0 Å². The van der Waals surface area contributed by atoms with Gasteiger partial charge in [0.05, 0.1) is 6.20 Å².